The Morgan fingerprint density at radius 3 is 2.45 bits per heavy atom. The fourth-order valence-corrected chi connectivity index (χ4v) is 2.55. The number of carbonyl (C=O) groups is 1. The van der Waals surface area contributed by atoms with E-state index in [9.17, 15) is 9.90 Å². The summed E-state index contributed by atoms with van der Waals surface area (Å²) in [5.41, 5.74) is 1.29. The maximum Gasteiger partial charge on any atom is 0.330 e. The van der Waals surface area contributed by atoms with Crippen molar-refractivity contribution >= 4 is 55.1 Å². The van der Waals surface area contributed by atoms with E-state index < -0.39 is 12.0 Å². The number of hydrogen-bond acceptors (Lipinski definition) is 2. The first-order chi connectivity index (χ1) is 9.49. The molecule has 0 aliphatic rings. The highest BCUT2D eigenvalue weighted by Gasteiger charge is 2.21. The van der Waals surface area contributed by atoms with E-state index in [1.807, 2.05) is 18.2 Å². The molecule has 0 saturated heterocycles. The Kier molecular flexibility index (Phi) is 5.07. The number of aliphatic carboxylic acids is 1. The lowest BCUT2D eigenvalue weighted by atomic mass is 10.1. The zero-order chi connectivity index (χ0) is 14.7. The normalized spacial score (nSPS) is 11.9. The number of carboxylic acid groups (broad SMARTS) is 1. The van der Waals surface area contributed by atoms with Gasteiger partial charge in [0.1, 0.15) is 0 Å². The highest BCUT2D eigenvalue weighted by molar-refractivity contribution is 9.11. The SMILES string of the molecule is O=C(O)C(Nc1ccccc1Br)c1ccc(Br)c(Cl)c1. The van der Waals surface area contributed by atoms with Crippen LogP contribution >= 0.6 is 43.5 Å². The van der Waals surface area contributed by atoms with Crippen molar-refractivity contribution in [3.05, 3.63) is 62.0 Å². The van der Waals surface area contributed by atoms with Gasteiger partial charge >= 0.3 is 5.97 Å². The fraction of sp³-hybridized carbons (Fsp3) is 0.0714. The first-order valence-electron chi connectivity index (χ1n) is 5.68. The second-order valence-corrected chi connectivity index (χ2v) is 6.18. The summed E-state index contributed by atoms with van der Waals surface area (Å²) in [6.45, 7) is 0. The van der Waals surface area contributed by atoms with Gasteiger partial charge in [-0.15, -0.1) is 0 Å². The molecule has 0 bridgehead atoms. The van der Waals surface area contributed by atoms with Gasteiger partial charge in [0.05, 0.1) is 5.02 Å². The van der Waals surface area contributed by atoms with Crippen LogP contribution in [-0.2, 0) is 4.79 Å². The van der Waals surface area contributed by atoms with Gasteiger partial charge in [-0.3, -0.25) is 0 Å². The van der Waals surface area contributed by atoms with Crippen molar-refractivity contribution in [1.82, 2.24) is 0 Å². The molecule has 3 nitrogen and oxygen atoms in total. The Morgan fingerprint density at radius 1 is 1.15 bits per heavy atom. The number of para-hydroxylation sites is 1. The van der Waals surface area contributed by atoms with Gasteiger partial charge in [0, 0.05) is 14.6 Å². The van der Waals surface area contributed by atoms with Crippen LogP contribution in [0.2, 0.25) is 5.02 Å². The number of carboxylic acids is 1. The fourth-order valence-electron chi connectivity index (χ4n) is 1.71. The molecule has 0 aliphatic carbocycles. The summed E-state index contributed by atoms with van der Waals surface area (Å²) in [7, 11) is 0. The minimum absolute atomic E-state index is 0.475. The lowest BCUT2D eigenvalue weighted by Crippen LogP contribution is -2.20. The van der Waals surface area contributed by atoms with E-state index in [1.54, 1.807) is 24.3 Å². The maximum absolute atomic E-state index is 11.5. The molecule has 20 heavy (non-hydrogen) atoms. The van der Waals surface area contributed by atoms with E-state index in [2.05, 4.69) is 37.2 Å². The number of halogens is 3. The van der Waals surface area contributed by atoms with Crippen molar-refractivity contribution < 1.29 is 9.90 Å². The van der Waals surface area contributed by atoms with Gasteiger partial charge < -0.3 is 10.4 Å². The molecule has 1 unspecified atom stereocenters. The molecule has 2 aromatic rings. The number of rotatable bonds is 4. The van der Waals surface area contributed by atoms with Crippen LogP contribution in [0.4, 0.5) is 5.69 Å². The van der Waals surface area contributed by atoms with E-state index in [-0.39, 0.29) is 0 Å². The zero-order valence-corrected chi connectivity index (χ0v) is 14.0. The number of nitrogens with one attached hydrogen (secondary N) is 1. The van der Waals surface area contributed by atoms with Crippen LogP contribution in [0.25, 0.3) is 0 Å². The molecule has 0 aliphatic heterocycles. The average molecular weight is 420 g/mol. The summed E-state index contributed by atoms with van der Waals surface area (Å²) < 4.78 is 1.53. The zero-order valence-electron chi connectivity index (χ0n) is 10.1. The standard InChI is InChI=1S/C14H10Br2ClNO2/c15-9-6-5-8(7-11(9)17)13(14(19)20)18-12-4-2-1-3-10(12)16/h1-7,13,18H,(H,19,20). The van der Waals surface area contributed by atoms with E-state index in [4.69, 9.17) is 11.6 Å². The lowest BCUT2D eigenvalue weighted by molar-refractivity contribution is -0.138. The number of benzene rings is 2. The van der Waals surface area contributed by atoms with Crippen LogP contribution in [0.3, 0.4) is 0 Å². The average Bonchev–Trinajstić information content (AvgIpc) is 2.41. The highest BCUT2D eigenvalue weighted by atomic mass is 79.9. The Labute approximate surface area is 138 Å². The molecule has 104 valence electrons. The molecule has 0 radical (unpaired) electrons. The number of anilines is 1. The third-order valence-electron chi connectivity index (χ3n) is 2.70. The molecule has 0 fully saturated rings. The molecule has 1 atom stereocenters. The van der Waals surface area contributed by atoms with Crippen molar-refractivity contribution in [3.63, 3.8) is 0 Å². The molecule has 0 saturated carbocycles. The first-order valence-corrected chi connectivity index (χ1v) is 7.64. The Morgan fingerprint density at radius 2 is 1.85 bits per heavy atom. The van der Waals surface area contributed by atoms with Gasteiger partial charge in [0.2, 0.25) is 0 Å². The van der Waals surface area contributed by atoms with Crippen LogP contribution in [0.1, 0.15) is 11.6 Å². The summed E-state index contributed by atoms with van der Waals surface area (Å²) in [6.07, 6.45) is 0. The van der Waals surface area contributed by atoms with Crippen LogP contribution in [0, 0.1) is 0 Å². The van der Waals surface area contributed by atoms with Crippen molar-refractivity contribution in [2.24, 2.45) is 0 Å². The van der Waals surface area contributed by atoms with Crippen LogP contribution in [0.15, 0.2) is 51.4 Å². The second kappa shape index (κ2) is 6.61. The monoisotopic (exact) mass is 417 g/mol. The Hall–Kier alpha value is -1.04. The first kappa shape index (κ1) is 15.4. The van der Waals surface area contributed by atoms with Crippen molar-refractivity contribution in [1.29, 1.82) is 0 Å². The van der Waals surface area contributed by atoms with Gasteiger partial charge in [-0.25, -0.2) is 4.79 Å². The summed E-state index contributed by atoms with van der Waals surface area (Å²) in [5.74, 6) is -0.973. The van der Waals surface area contributed by atoms with Crippen molar-refractivity contribution in [2.75, 3.05) is 5.32 Å². The molecule has 2 N–H and O–H groups in total. The maximum atomic E-state index is 11.5. The van der Waals surface area contributed by atoms with Crippen LogP contribution in [-0.4, -0.2) is 11.1 Å². The molecule has 2 rings (SSSR count). The third kappa shape index (κ3) is 3.53. The van der Waals surface area contributed by atoms with Gasteiger partial charge in [0.15, 0.2) is 6.04 Å². The minimum atomic E-state index is -0.973. The van der Waals surface area contributed by atoms with Crippen molar-refractivity contribution in [3.8, 4) is 0 Å². The smallest absolute Gasteiger partial charge is 0.330 e. The molecule has 6 heteroatoms. The van der Waals surface area contributed by atoms with Crippen molar-refractivity contribution in [2.45, 2.75) is 6.04 Å². The summed E-state index contributed by atoms with van der Waals surface area (Å²) >= 11 is 12.7. The molecular weight excluding hydrogens is 409 g/mol. The highest BCUT2D eigenvalue weighted by Crippen LogP contribution is 2.30. The predicted molar refractivity (Wildman–Crippen MR) is 87.3 cm³/mol. The van der Waals surface area contributed by atoms with Gasteiger partial charge in [-0.1, -0.05) is 29.8 Å². The van der Waals surface area contributed by atoms with Gasteiger partial charge in [-0.2, -0.15) is 0 Å². The van der Waals surface area contributed by atoms with E-state index >= 15 is 0 Å². The molecule has 0 amide bonds. The molecule has 0 spiro atoms. The van der Waals surface area contributed by atoms with Gasteiger partial charge in [-0.05, 0) is 61.7 Å². The van der Waals surface area contributed by atoms with Crippen LogP contribution in [0.5, 0.6) is 0 Å². The summed E-state index contributed by atoms with van der Waals surface area (Å²) in [6, 6.07) is 11.6. The largest absolute Gasteiger partial charge is 0.479 e. The Balaban J connectivity index is 2.34. The molecule has 0 heterocycles. The third-order valence-corrected chi connectivity index (χ3v) is 4.62. The predicted octanol–water partition coefficient (Wildman–Crippen LogP) is 5.10. The number of hydrogen-bond donors (Lipinski definition) is 2. The van der Waals surface area contributed by atoms with Gasteiger partial charge in [0.25, 0.3) is 0 Å². The molecule has 0 aromatic heterocycles. The minimum Gasteiger partial charge on any atom is -0.479 e. The van der Waals surface area contributed by atoms with Crippen LogP contribution < -0.4 is 5.32 Å². The van der Waals surface area contributed by atoms with E-state index in [0.29, 0.717) is 16.3 Å². The van der Waals surface area contributed by atoms with E-state index in [1.165, 1.54) is 0 Å². The van der Waals surface area contributed by atoms with E-state index in [0.717, 1.165) is 8.95 Å². The lowest BCUT2D eigenvalue weighted by Gasteiger charge is -2.17. The molecular formula is C14H10Br2ClNO2. The molecule has 2 aromatic carbocycles. The summed E-state index contributed by atoms with van der Waals surface area (Å²) in [5, 5.41) is 12.9. The Bertz CT molecular complexity index is 649. The summed E-state index contributed by atoms with van der Waals surface area (Å²) in [4.78, 5) is 11.5. The quantitative estimate of drug-likeness (QED) is 0.725. The topological polar surface area (TPSA) is 49.3 Å². The second-order valence-electron chi connectivity index (χ2n) is 4.07.